The first-order valence-corrected chi connectivity index (χ1v) is 14.3. The van der Waals surface area contributed by atoms with E-state index >= 15 is 4.39 Å². The molecule has 40 heavy (non-hydrogen) atoms. The van der Waals surface area contributed by atoms with Crippen LogP contribution in [0.1, 0.15) is 56.1 Å². The molecule has 0 spiro atoms. The highest BCUT2D eigenvalue weighted by atomic mass is 19.1. The molecule has 1 aliphatic carbocycles. The Morgan fingerprint density at radius 3 is 2.70 bits per heavy atom. The molecule has 0 aromatic carbocycles. The second kappa shape index (κ2) is 11.7. The van der Waals surface area contributed by atoms with Crippen molar-refractivity contribution in [2.45, 2.75) is 51.5 Å². The number of aromatic amines is 2. The van der Waals surface area contributed by atoms with E-state index in [4.69, 9.17) is 4.98 Å². The maximum absolute atomic E-state index is 16.3. The van der Waals surface area contributed by atoms with E-state index in [2.05, 4.69) is 46.9 Å². The fourth-order valence-corrected chi connectivity index (χ4v) is 6.00. The van der Waals surface area contributed by atoms with Crippen LogP contribution in [0.2, 0.25) is 0 Å². The summed E-state index contributed by atoms with van der Waals surface area (Å²) in [5.74, 6) is 0.676. The molecule has 0 atom stereocenters. The largest absolute Gasteiger partial charge is 0.368 e. The van der Waals surface area contributed by atoms with E-state index in [-0.39, 0.29) is 10.9 Å². The van der Waals surface area contributed by atoms with Gasteiger partial charge in [-0.25, -0.2) is 9.37 Å². The van der Waals surface area contributed by atoms with Crippen molar-refractivity contribution in [3.8, 4) is 11.5 Å². The van der Waals surface area contributed by atoms with Gasteiger partial charge in [-0.05, 0) is 56.2 Å². The number of aromatic nitrogens is 6. The Morgan fingerprint density at radius 2 is 1.90 bits per heavy atom. The zero-order valence-electron chi connectivity index (χ0n) is 23.0. The number of aliphatic imine (C=N–C) groups is 1. The van der Waals surface area contributed by atoms with E-state index in [1.54, 1.807) is 19.4 Å². The summed E-state index contributed by atoms with van der Waals surface area (Å²) in [5, 5.41) is 11.4. The number of hydrogen-bond donors (Lipinski definition) is 3. The lowest BCUT2D eigenvalue weighted by Crippen LogP contribution is -2.29. The summed E-state index contributed by atoms with van der Waals surface area (Å²) < 4.78 is 16.3. The average Bonchev–Trinajstić information content (AvgIpc) is 3.74. The number of H-pyrrole nitrogens is 2. The lowest BCUT2D eigenvalue weighted by Gasteiger charge is -2.28. The molecule has 0 unspecified atom stereocenters. The number of anilines is 1. The first-order chi connectivity index (χ1) is 19.6. The summed E-state index contributed by atoms with van der Waals surface area (Å²) in [5.41, 5.74) is 4.71. The van der Waals surface area contributed by atoms with Crippen LogP contribution in [0.4, 0.5) is 10.1 Å². The topological polar surface area (TPSA) is 111 Å². The van der Waals surface area contributed by atoms with Crippen LogP contribution in [0, 0.1) is 5.92 Å². The minimum absolute atomic E-state index is 0.199. The van der Waals surface area contributed by atoms with E-state index in [0.717, 1.165) is 60.7 Å². The van der Waals surface area contributed by atoms with Gasteiger partial charge in [0.25, 0.3) is 0 Å². The SMILES string of the molecule is C=c1[nH]nc(-c2nc3c(N4CCCCC4)cncc3[nH]2)/c1=C(F)/C(=N\C)c1cncc(CNCC2CCCC2)c1. The van der Waals surface area contributed by atoms with Gasteiger partial charge < -0.3 is 15.2 Å². The highest BCUT2D eigenvalue weighted by molar-refractivity contribution is 6.25. The Kier molecular flexibility index (Phi) is 7.68. The van der Waals surface area contributed by atoms with Gasteiger partial charge in [0.15, 0.2) is 11.7 Å². The van der Waals surface area contributed by atoms with Gasteiger partial charge in [-0.3, -0.25) is 20.1 Å². The molecule has 0 bridgehead atoms. The molecule has 5 heterocycles. The van der Waals surface area contributed by atoms with Crippen LogP contribution in [0.15, 0.2) is 35.8 Å². The molecule has 6 rings (SSSR count). The lowest BCUT2D eigenvalue weighted by atomic mass is 10.1. The molecule has 208 valence electrons. The number of fused-ring (bicyclic) bond motifs is 1. The molecular weight excluding hydrogens is 505 g/mol. The Labute approximate surface area is 232 Å². The highest BCUT2D eigenvalue weighted by Gasteiger charge is 2.21. The molecule has 3 N–H and O–H groups in total. The number of hydrogen-bond acceptors (Lipinski definition) is 7. The van der Waals surface area contributed by atoms with Gasteiger partial charge in [0.1, 0.15) is 16.9 Å². The summed E-state index contributed by atoms with van der Waals surface area (Å²) in [7, 11) is 1.58. The predicted molar refractivity (Wildman–Crippen MR) is 157 cm³/mol. The molecule has 4 aromatic heterocycles. The van der Waals surface area contributed by atoms with Crippen LogP contribution < -0.4 is 20.8 Å². The smallest absolute Gasteiger partial charge is 0.160 e. The zero-order chi connectivity index (χ0) is 27.5. The van der Waals surface area contributed by atoms with Crippen LogP contribution in [-0.2, 0) is 6.54 Å². The summed E-state index contributed by atoms with van der Waals surface area (Å²) in [6.45, 7) is 7.64. The minimum Gasteiger partial charge on any atom is -0.368 e. The van der Waals surface area contributed by atoms with Crippen molar-refractivity contribution in [2.24, 2.45) is 10.9 Å². The third kappa shape index (κ3) is 5.28. The maximum atomic E-state index is 16.3. The van der Waals surface area contributed by atoms with Gasteiger partial charge in [-0.2, -0.15) is 5.10 Å². The van der Waals surface area contributed by atoms with Crippen molar-refractivity contribution in [3.63, 3.8) is 0 Å². The second-order valence-corrected chi connectivity index (χ2v) is 10.9. The van der Waals surface area contributed by atoms with Crippen LogP contribution in [-0.4, -0.2) is 62.5 Å². The standard InChI is InChI=1S/C30H36FN9/c1-19-25(26(31)27(32-2)22-12-21(15-34-16-22)14-33-13-20-8-4-5-9-20)29(39-38-19)30-36-23-17-35-18-24(28(23)37-30)40-10-6-3-7-11-40/h12,15-18,20,33,38H,1,3-11,13-14H2,2H3,(H,36,37)/b26-25-,32-27-. The molecule has 2 aliphatic rings. The van der Waals surface area contributed by atoms with Crippen LogP contribution in [0.3, 0.4) is 0 Å². The normalized spacial score (nSPS) is 17.6. The molecule has 1 saturated heterocycles. The first-order valence-electron chi connectivity index (χ1n) is 14.3. The van der Waals surface area contributed by atoms with Gasteiger partial charge in [0.05, 0.1) is 34.2 Å². The van der Waals surface area contributed by atoms with Crippen molar-refractivity contribution in [1.82, 2.24) is 35.5 Å². The van der Waals surface area contributed by atoms with Gasteiger partial charge in [-0.15, -0.1) is 0 Å². The van der Waals surface area contributed by atoms with E-state index in [1.807, 2.05) is 18.5 Å². The molecule has 0 radical (unpaired) electrons. The Bertz CT molecular complexity index is 1620. The highest BCUT2D eigenvalue weighted by Crippen LogP contribution is 2.28. The fourth-order valence-electron chi connectivity index (χ4n) is 6.00. The lowest BCUT2D eigenvalue weighted by molar-refractivity contribution is 0.489. The first kappa shape index (κ1) is 26.3. The molecule has 10 heteroatoms. The second-order valence-electron chi connectivity index (χ2n) is 10.9. The Morgan fingerprint density at radius 1 is 1.10 bits per heavy atom. The predicted octanol–water partition coefficient (Wildman–Crippen LogP) is 3.62. The van der Waals surface area contributed by atoms with Crippen molar-refractivity contribution in [3.05, 3.63) is 52.5 Å². The fraction of sp³-hybridized carbons (Fsp3) is 0.433. The number of imidazole rings is 1. The van der Waals surface area contributed by atoms with E-state index in [9.17, 15) is 0 Å². The third-order valence-electron chi connectivity index (χ3n) is 8.09. The molecule has 1 aliphatic heterocycles. The number of nitrogens with one attached hydrogen (secondary N) is 3. The third-order valence-corrected chi connectivity index (χ3v) is 8.09. The Hall–Kier alpha value is -3.92. The molecule has 2 fully saturated rings. The summed E-state index contributed by atoms with van der Waals surface area (Å²) in [6, 6.07) is 1.94. The molecule has 1 saturated carbocycles. The van der Waals surface area contributed by atoms with Crippen LogP contribution >= 0.6 is 0 Å². The van der Waals surface area contributed by atoms with E-state index in [0.29, 0.717) is 29.0 Å². The van der Waals surface area contributed by atoms with Gasteiger partial charge in [0.2, 0.25) is 0 Å². The zero-order valence-corrected chi connectivity index (χ0v) is 23.0. The molecular formula is C30H36FN9. The number of pyridine rings is 2. The van der Waals surface area contributed by atoms with Gasteiger partial charge in [-0.1, -0.05) is 19.4 Å². The van der Waals surface area contributed by atoms with Crippen molar-refractivity contribution >= 4 is 34.8 Å². The number of halogens is 1. The monoisotopic (exact) mass is 541 g/mol. The molecule has 0 amide bonds. The minimum atomic E-state index is -0.524. The van der Waals surface area contributed by atoms with Gasteiger partial charge >= 0.3 is 0 Å². The van der Waals surface area contributed by atoms with Gasteiger partial charge in [0, 0.05) is 44.6 Å². The van der Waals surface area contributed by atoms with Crippen molar-refractivity contribution in [1.29, 1.82) is 0 Å². The van der Waals surface area contributed by atoms with E-state index < -0.39 is 5.83 Å². The number of piperidine rings is 1. The Balaban J connectivity index is 1.33. The van der Waals surface area contributed by atoms with Crippen LogP contribution in [0.25, 0.3) is 35.0 Å². The number of nitrogens with zero attached hydrogens (tertiary/aromatic N) is 6. The number of rotatable bonds is 8. The maximum Gasteiger partial charge on any atom is 0.160 e. The molecule has 9 nitrogen and oxygen atoms in total. The van der Waals surface area contributed by atoms with Crippen molar-refractivity contribution < 1.29 is 4.39 Å². The quantitative estimate of drug-likeness (QED) is 0.294. The summed E-state index contributed by atoms with van der Waals surface area (Å²) >= 11 is 0. The van der Waals surface area contributed by atoms with E-state index in [1.165, 1.54) is 32.1 Å². The summed E-state index contributed by atoms with van der Waals surface area (Å²) in [6.07, 6.45) is 15.8. The van der Waals surface area contributed by atoms with Crippen molar-refractivity contribution in [2.75, 3.05) is 31.6 Å². The molecule has 4 aromatic rings. The average molecular weight is 542 g/mol. The summed E-state index contributed by atoms with van der Waals surface area (Å²) in [4.78, 5) is 23.6. The van der Waals surface area contributed by atoms with Crippen LogP contribution in [0.5, 0.6) is 0 Å².